The second-order valence-corrected chi connectivity index (χ2v) is 9.98. The van der Waals surface area contributed by atoms with Gasteiger partial charge in [0, 0.05) is 0 Å². The van der Waals surface area contributed by atoms with Crippen molar-refractivity contribution >= 4 is 62.0 Å². The molecule has 0 unspecified atom stereocenters. The zero-order valence-corrected chi connectivity index (χ0v) is 17.1. The van der Waals surface area contributed by atoms with Crippen molar-refractivity contribution in [1.82, 2.24) is 9.36 Å². The van der Waals surface area contributed by atoms with Crippen molar-refractivity contribution in [3.8, 4) is 0 Å². The monoisotopic (exact) mass is 382 g/mol. The molecule has 0 radical (unpaired) electrons. The minimum Gasteiger partial charge on any atom is -0.220 e. The molecule has 0 fully saturated rings. The van der Waals surface area contributed by atoms with E-state index in [0.717, 1.165) is 30.7 Å². The molecular formula is C14H26N2S5. The van der Waals surface area contributed by atoms with E-state index in [1.54, 1.807) is 0 Å². The lowest BCUT2D eigenvalue weighted by molar-refractivity contribution is 0.619. The number of hydrogen-bond donors (Lipinski definition) is 4. The topological polar surface area (TPSA) is 25.8 Å². The number of thiol groups is 4. The van der Waals surface area contributed by atoms with Gasteiger partial charge in [-0.15, -0.1) is 0 Å². The van der Waals surface area contributed by atoms with Crippen LogP contribution in [0.1, 0.15) is 76.0 Å². The molecule has 1 rings (SSSR count). The van der Waals surface area contributed by atoms with Gasteiger partial charge in [-0.1, -0.05) is 52.4 Å². The van der Waals surface area contributed by atoms with Crippen LogP contribution < -0.4 is 0 Å². The van der Waals surface area contributed by atoms with Crippen LogP contribution in [0.4, 0.5) is 0 Å². The summed E-state index contributed by atoms with van der Waals surface area (Å²) in [5.74, 6) is 0.688. The van der Waals surface area contributed by atoms with E-state index >= 15 is 0 Å². The number of rotatable bonds is 10. The molecule has 0 aliphatic heterocycles. The molecule has 0 N–H and O–H groups in total. The Hall–Kier alpha value is 0.960. The fourth-order valence-electron chi connectivity index (χ4n) is 2.01. The first-order valence-corrected chi connectivity index (χ1v) is 10.1. The van der Waals surface area contributed by atoms with Crippen molar-refractivity contribution in [2.75, 3.05) is 0 Å². The molecular weight excluding hydrogens is 357 g/mol. The van der Waals surface area contributed by atoms with Gasteiger partial charge in [-0.2, -0.15) is 54.9 Å². The van der Waals surface area contributed by atoms with Crippen molar-refractivity contribution in [3.63, 3.8) is 0 Å². The summed E-state index contributed by atoms with van der Waals surface area (Å²) in [5, 5.41) is 0.850. The van der Waals surface area contributed by atoms with E-state index in [1.807, 2.05) is 0 Å². The Kier molecular flexibility index (Phi) is 8.86. The molecule has 0 aliphatic rings. The van der Waals surface area contributed by atoms with Crippen LogP contribution in [0.25, 0.3) is 0 Å². The molecule has 0 saturated heterocycles. The van der Waals surface area contributed by atoms with Gasteiger partial charge in [0.2, 0.25) is 0 Å². The molecule has 0 aliphatic carbocycles. The Balaban J connectivity index is 2.70. The first-order chi connectivity index (χ1) is 9.83. The summed E-state index contributed by atoms with van der Waals surface area (Å²) >= 11 is 20.0. The van der Waals surface area contributed by atoms with Gasteiger partial charge in [-0.05, 0) is 24.4 Å². The normalized spacial score (nSPS) is 12.9. The fraction of sp³-hybridized carbons (Fsp3) is 0.857. The summed E-state index contributed by atoms with van der Waals surface area (Å²) in [6, 6.07) is 0. The summed E-state index contributed by atoms with van der Waals surface area (Å²) in [7, 11) is 0. The van der Waals surface area contributed by atoms with Gasteiger partial charge in [0.05, 0.1) is 0 Å². The van der Waals surface area contributed by atoms with Crippen LogP contribution in [-0.4, -0.2) is 9.36 Å². The summed E-state index contributed by atoms with van der Waals surface area (Å²) in [6.45, 7) is 4.37. The molecule has 0 spiro atoms. The van der Waals surface area contributed by atoms with Gasteiger partial charge in [0.25, 0.3) is 0 Å². The van der Waals surface area contributed by atoms with Crippen LogP contribution >= 0.6 is 62.0 Å². The van der Waals surface area contributed by atoms with Crippen LogP contribution in [0.5, 0.6) is 0 Å². The smallest absolute Gasteiger partial charge is 0.168 e. The SMILES string of the molecule is CCCCCC(S)(S)c1nsc(C(S)(S)CCCCC)n1. The second-order valence-electron chi connectivity index (χ2n) is 5.47. The summed E-state index contributed by atoms with van der Waals surface area (Å²) in [4.78, 5) is 4.61. The molecule has 0 aromatic carbocycles. The summed E-state index contributed by atoms with van der Waals surface area (Å²) in [6.07, 6.45) is 8.68. The highest BCUT2D eigenvalue weighted by Gasteiger charge is 2.32. The van der Waals surface area contributed by atoms with Crippen molar-refractivity contribution in [2.24, 2.45) is 0 Å². The van der Waals surface area contributed by atoms with Crippen LogP contribution in [0.15, 0.2) is 0 Å². The highest BCUT2D eigenvalue weighted by molar-refractivity contribution is 8.00. The Bertz CT molecular complexity index is 381. The first kappa shape index (κ1) is 20.0. The minimum atomic E-state index is -0.565. The average molecular weight is 383 g/mol. The number of aromatic nitrogens is 2. The van der Waals surface area contributed by atoms with Gasteiger partial charge in [-0.25, -0.2) is 4.98 Å². The van der Waals surface area contributed by atoms with Crippen LogP contribution in [0.3, 0.4) is 0 Å². The van der Waals surface area contributed by atoms with E-state index in [2.05, 4.69) is 73.7 Å². The lowest BCUT2D eigenvalue weighted by Gasteiger charge is -2.20. The zero-order valence-electron chi connectivity index (χ0n) is 12.7. The number of unbranched alkanes of at least 4 members (excludes halogenated alkanes) is 4. The molecule has 1 aromatic rings. The van der Waals surface area contributed by atoms with E-state index < -0.39 is 8.16 Å². The Labute approximate surface area is 155 Å². The second kappa shape index (κ2) is 9.30. The first-order valence-electron chi connectivity index (χ1n) is 7.57. The predicted molar refractivity (Wildman–Crippen MR) is 107 cm³/mol. The van der Waals surface area contributed by atoms with Crippen LogP contribution in [-0.2, 0) is 8.16 Å². The average Bonchev–Trinajstić information content (AvgIpc) is 2.90. The lowest BCUT2D eigenvalue weighted by Crippen LogP contribution is -2.15. The third kappa shape index (κ3) is 6.53. The number of hydrogen-bond acceptors (Lipinski definition) is 7. The molecule has 0 bridgehead atoms. The Morgan fingerprint density at radius 1 is 0.857 bits per heavy atom. The van der Waals surface area contributed by atoms with Gasteiger partial charge in [0.1, 0.15) is 13.2 Å². The molecule has 7 heteroatoms. The van der Waals surface area contributed by atoms with Gasteiger partial charge >= 0.3 is 0 Å². The third-order valence-corrected chi connectivity index (χ3v) is 6.28. The molecule has 1 aromatic heterocycles. The predicted octanol–water partition coefficient (Wildman–Crippen LogP) is 5.72. The van der Waals surface area contributed by atoms with Crippen LogP contribution in [0, 0.1) is 0 Å². The van der Waals surface area contributed by atoms with Gasteiger partial charge < -0.3 is 0 Å². The molecule has 21 heavy (non-hydrogen) atoms. The van der Waals surface area contributed by atoms with Gasteiger partial charge in [-0.3, -0.25) is 0 Å². The Morgan fingerprint density at radius 3 is 1.90 bits per heavy atom. The van der Waals surface area contributed by atoms with Crippen molar-refractivity contribution in [2.45, 2.75) is 73.4 Å². The summed E-state index contributed by atoms with van der Waals surface area (Å²) in [5.41, 5.74) is 0. The molecule has 2 nitrogen and oxygen atoms in total. The van der Waals surface area contributed by atoms with E-state index in [0.29, 0.717) is 5.82 Å². The van der Waals surface area contributed by atoms with Crippen molar-refractivity contribution in [3.05, 3.63) is 10.8 Å². The molecule has 122 valence electrons. The molecule has 0 atom stereocenters. The standard InChI is InChI=1S/C14H26N2S5/c1-3-5-7-9-13(17,18)11-15-12(21-16-11)14(19,20)10-8-6-4-2/h17-20H,3-10H2,1-2H3. The number of nitrogens with zero attached hydrogens (tertiary/aromatic N) is 2. The van der Waals surface area contributed by atoms with Crippen molar-refractivity contribution < 1.29 is 0 Å². The maximum atomic E-state index is 4.67. The van der Waals surface area contributed by atoms with Crippen LogP contribution in [0.2, 0.25) is 0 Å². The summed E-state index contributed by atoms with van der Waals surface area (Å²) < 4.78 is 3.37. The van der Waals surface area contributed by atoms with E-state index in [1.165, 1.54) is 37.2 Å². The maximum absolute atomic E-state index is 4.67. The third-order valence-electron chi connectivity index (χ3n) is 3.38. The van der Waals surface area contributed by atoms with E-state index in [4.69, 9.17) is 0 Å². The Morgan fingerprint density at radius 2 is 1.38 bits per heavy atom. The molecule has 0 amide bonds. The highest BCUT2D eigenvalue weighted by Crippen LogP contribution is 2.42. The maximum Gasteiger partial charge on any atom is 0.168 e. The lowest BCUT2D eigenvalue weighted by atomic mass is 10.1. The minimum absolute atomic E-state index is 0.508. The van der Waals surface area contributed by atoms with E-state index in [-0.39, 0.29) is 0 Å². The quantitative estimate of drug-likeness (QED) is 0.236. The highest BCUT2D eigenvalue weighted by atomic mass is 32.2. The zero-order chi connectivity index (χ0) is 15.9. The molecule has 1 heterocycles. The van der Waals surface area contributed by atoms with E-state index in [9.17, 15) is 0 Å². The fourth-order valence-corrected chi connectivity index (χ4v) is 4.07. The molecule has 0 saturated carbocycles. The largest absolute Gasteiger partial charge is 0.220 e. The van der Waals surface area contributed by atoms with Gasteiger partial charge in [0.15, 0.2) is 5.82 Å². The van der Waals surface area contributed by atoms with Crippen molar-refractivity contribution in [1.29, 1.82) is 0 Å².